The molecule has 0 atom stereocenters. The molecule has 0 aliphatic carbocycles. The van der Waals surface area contributed by atoms with Crippen LogP contribution in [-0.2, 0) is 11.2 Å². The van der Waals surface area contributed by atoms with Crippen LogP contribution in [0.5, 0.6) is 0 Å². The standard InChI is InChI=1S/C18H17Cl2FN2O/c19-14-5-3-12(9-15(14)20)10-18(24)22-13-4-6-17(16(21)11-13)23-7-1-2-8-23/h3-6,9,11H,1-2,7-8,10H2,(H,22,24). The normalized spacial score (nSPS) is 14.0. The van der Waals surface area contributed by atoms with Gasteiger partial charge < -0.3 is 10.2 Å². The quantitative estimate of drug-likeness (QED) is 0.833. The summed E-state index contributed by atoms with van der Waals surface area (Å²) >= 11 is 11.8. The number of nitrogens with zero attached hydrogens (tertiary/aromatic N) is 1. The lowest BCUT2D eigenvalue weighted by atomic mass is 10.1. The molecule has 0 saturated carbocycles. The first-order valence-electron chi connectivity index (χ1n) is 7.81. The molecular formula is C18H17Cl2FN2O. The molecule has 0 radical (unpaired) electrons. The predicted octanol–water partition coefficient (Wildman–Crippen LogP) is 4.91. The summed E-state index contributed by atoms with van der Waals surface area (Å²) in [4.78, 5) is 14.1. The van der Waals surface area contributed by atoms with Gasteiger partial charge in [-0.2, -0.15) is 0 Å². The van der Waals surface area contributed by atoms with Crippen molar-refractivity contribution < 1.29 is 9.18 Å². The Labute approximate surface area is 150 Å². The topological polar surface area (TPSA) is 32.3 Å². The summed E-state index contributed by atoms with van der Waals surface area (Å²) in [6.45, 7) is 1.75. The fourth-order valence-corrected chi connectivity index (χ4v) is 3.16. The summed E-state index contributed by atoms with van der Waals surface area (Å²) in [5.41, 5.74) is 1.78. The highest BCUT2D eigenvalue weighted by molar-refractivity contribution is 6.42. The Hall–Kier alpha value is -1.78. The van der Waals surface area contributed by atoms with E-state index in [1.807, 2.05) is 4.90 Å². The Bertz CT molecular complexity index is 761. The minimum absolute atomic E-state index is 0.145. The molecule has 1 aliphatic heterocycles. The molecule has 126 valence electrons. The zero-order valence-electron chi connectivity index (χ0n) is 13.0. The van der Waals surface area contributed by atoms with E-state index in [9.17, 15) is 9.18 Å². The van der Waals surface area contributed by atoms with Crippen molar-refractivity contribution in [3.8, 4) is 0 Å². The van der Waals surface area contributed by atoms with Crippen LogP contribution < -0.4 is 10.2 Å². The van der Waals surface area contributed by atoms with Crippen LogP contribution in [0.15, 0.2) is 36.4 Å². The number of nitrogens with one attached hydrogen (secondary N) is 1. The summed E-state index contributed by atoms with van der Waals surface area (Å²) in [5, 5.41) is 3.56. The summed E-state index contributed by atoms with van der Waals surface area (Å²) in [5.74, 6) is -0.550. The molecule has 1 heterocycles. The minimum Gasteiger partial charge on any atom is -0.369 e. The van der Waals surface area contributed by atoms with Crippen LogP contribution in [0.2, 0.25) is 10.0 Å². The van der Waals surface area contributed by atoms with E-state index in [-0.39, 0.29) is 18.1 Å². The summed E-state index contributed by atoms with van der Waals surface area (Å²) in [7, 11) is 0. The number of carbonyl (C=O) groups excluding carboxylic acids is 1. The Balaban J connectivity index is 1.65. The molecule has 1 amide bonds. The number of benzene rings is 2. The van der Waals surface area contributed by atoms with Gasteiger partial charge in [0, 0.05) is 18.8 Å². The number of halogens is 3. The number of anilines is 2. The highest BCUT2D eigenvalue weighted by atomic mass is 35.5. The molecule has 0 spiro atoms. The molecule has 1 N–H and O–H groups in total. The maximum absolute atomic E-state index is 14.3. The van der Waals surface area contributed by atoms with Crippen molar-refractivity contribution in [3.63, 3.8) is 0 Å². The first-order valence-corrected chi connectivity index (χ1v) is 8.57. The van der Waals surface area contributed by atoms with Gasteiger partial charge in [-0.1, -0.05) is 29.3 Å². The van der Waals surface area contributed by atoms with E-state index in [4.69, 9.17) is 23.2 Å². The van der Waals surface area contributed by atoms with Gasteiger partial charge in [0.2, 0.25) is 5.91 Å². The van der Waals surface area contributed by atoms with Crippen LogP contribution >= 0.6 is 23.2 Å². The smallest absolute Gasteiger partial charge is 0.228 e. The largest absolute Gasteiger partial charge is 0.369 e. The van der Waals surface area contributed by atoms with Crippen LogP contribution in [-0.4, -0.2) is 19.0 Å². The van der Waals surface area contributed by atoms with Crippen LogP contribution in [0.1, 0.15) is 18.4 Å². The Kier molecular flexibility index (Phi) is 5.27. The van der Waals surface area contributed by atoms with E-state index in [1.165, 1.54) is 6.07 Å². The van der Waals surface area contributed by atoms with Crippen molar-refractivity contribution in [2.24, 2.45) is 0 Å². The lowest BCUT2D eigenvalue weighted by Gasteiger charge is -2.18. The maximum atomic E-state index is 14.3. The third kappa shape index (κ3) is 4.00. The molecule has 0 bridgehead atoms. The van der Waals surface area contributed by atoms with Crippen LogP contribution in [0, 0.1) is 5.82 Å². The predicted molar refractivity (Wildman–Crippen MR) is 96.6 cm³/mol. The first-order chi connectivity index (χ1) is 11.5. The third-order valence-electron chi connectivity index (χ3n) is 4.03. The molecule has 2 aromatic carbocycles. The Morgan fingerprint density at radius 1 is 1.08 bits per heavy atom. The van der Waals surface area contributed by atoms with Gasteiger partial charge in [-0.05, 0) is 48.7 Å². The van der Waals surface area contributed by atoms with Crippen molar-refractivity contribution in [3.05, 3.63) is 57.8 Å². The van der Waals surface area contributed by atoms with E-state index < -0.39 is 0 Å². The number of hydrogen-bond acceptors (Lipinski definition) is 2. The molecule has 2 aromatic rings. The number of hydrogen-bond donors (Lipinski definition) is 1. The monoisotopic (exact) mass is 366 g/mol. The second kappa shape index (κ2) is 7.41. The van der Waals surface area contributed by atoms with E-state index >= 15 is 0 Å². The Morgan fingerprint density at radius 2 is 1.83 bits per heavy atom. The fraction of sp³-hybridized carbons (Fsp3) is 0.278. The number of amides is 1. The molecule has 1 saturated heterocycles. The van der Waals surface area contributed by atoms with Crippen molar-refractivity contribution in [2.75, 3.05) is 23.3 Å². The third-order valence-corrected chi connectivity index (χ3v) is 4.77. The average molecular weight is 367 g/mol. The van der Waals surface area contributed by atoms with Gasteiger partial charge in [-0.3, -0.25) is 4.79 Å². The lowest BCUT2D eigenvalue weighted by molar-refractivity contribution is -0.115. The molecule has 1 fully saturated rings. The van der Waals surface area contributed by atoms with Gasteiger partial charge in [-0.25, -0.2) is 4.39 Å². The second-order valence-electron chi connectivity index (χ2n) is 5.83. The zero-order valence-corrected chi connectivity index (χ0v) is 14.5. The van der Waals surface area contributed by atoms with Crippen LogP contribution in [0.25, 0.3) is 0 Å². The molecule has 0 unspecified atom stereocenters. The summed E-state index contributed by atoms with van der Waals surface area (Å²) in [6, 6.07) is 9.85. The van der Waals surface area contributed by atoms with Crippen molar-refractivity contribution in [2.45, 2.75) is 19.3 Å². The van der Waals surface area contributed by atoms with E-state index in [2.05, 4.69) is 5.32 Å². The van der Waals surface area contributed by atoms with Gasteiger partial charge in [0.15, 0.2) is 0 Å². The number of carbonyl (C=O) groups is 1. The maximum Gasteiger partial charge on any atom is 0.228 e. The summed E-state index contributed by atoms with van der Waals surface area (Å²) < 4.78 is 14.3. The zero-order chi connectivity index (χ0) is 17.1. The Morgan fingerprint density at radius 3 is 2.50 bits per heavy atom. The average Bonchev–Trinajstić information content (AvgIpc) is 3.05. The molecule has 24 heavy (non-hydrogen) atoms. The molecular weight excluding hydrogens is 350 g/mol. The second-order valence-corrected chi connectivity index (χ2v) is 6.65. The van der Waals surface area contributed by atoms with Gasteiger partial charge >= 0.3 is 0 Å². The van der Waals surface area contributed by atoms with Crippen molar-refractivity contribution in [1.82, 2.24) is 0 Å². The minimum atomic E-state index is -0.316. The van der Waals surface area contributed by atoms with Gasteiger partial charge in [-0.15, -0.1) is 0 Å². The highest BCUT2D eigenvalue weighted by Crippen LogP contribution is 2.26. The molecule has 0 aromatic heterocycles. The number of rotatable bonds is 4. The van der Waals surface area contributed by atoms with Crippen molar-refractivity contribution >= 4 is 40.5 Å². The van der Waals surface area contributed by atoms with Crippen molar-refractivity contribution in [1.29, 1.82) is 0 Å². The van der Waals surface area contributed by atoms with Crippen LogP contribution in [0.4, 0.5) is 15.8 Å². The molecule has 3 nitrogen and oxygen atoms in total. The van der Waals surface area contributed by atoms with Gasteiger partial charge in [0.1, 0.15) is 5.82 Å². The van der Waals surface area contributed by atoms with E-state index in [0.29, 0.717) is 21.4 Å². The summed E-state index contributed by atoms with van der Waals surface area (Å²) in [6.07, 6.45) is 2.32. The van der Waals surface area contributed by atoms with Gasteiger partial charge in [0.05, 0.1) is 22.2 Å². The first kappa shape index (κ1) is 17.1. The molecule has 6 heteroatoms. The fourth-order valence-electron chi connectivity index (χ4n) is 2.84. The van der Waals surface area contributed by atoms with E-state index in [1.54, 1.807) is 30.3 Å². The van der Waals surface area contributed by atoms with E-state index in [0.717, 1.165) is 31.5 Å². The van der Waals surface area contributed by atoms with Gasteiger partial charge in [0.25, 0.3) is 0 Å². The highest BCUT2D eigenvalue weighted by Gasteiger charge is 2.16. The lowest BCUT2D eigenvalue weighted by Crippen LogP contribution is -2.19. The SMILES string of the molecule is O=C(Cc1ccc(Cl)c(Cl)c1)Nc1ccc(N2CCCC2)c(F)c1. The van der Waals surface area contributed by atoms with Crippen LogP contribution in [0.3, 0.4) is 0 Å². The molecule has 1 aliphatic rings. The molecule has 3 rings (SSSR count).